The Morgan fingerprint density at radius 2 is 1.47 bits per heavy atom. The highest BCUT2D eigenvalue weighted by molar-refractivity contribution is 5.30. The van der Waals surface area contributed by atoms with Crippen LogP contribution in [0.15, 0.2) is 24.3 Å². The van der Waals surface area contributed by atoms with Crippen molar-refractivity contribution in [3.05, 3.63) is 24.3 Å². The smallest absolute Gasteiger partial charge is 0.119 e. The molecule has 15 heavy (non-hydrogen) atoms. The van der Waals surface area contributed by atoms with E-state index in [2.05, 4.69) is 14.8 Å². The molecule has 5 nitrogen and oxygen atoms in total. The summed E-state index contributed by atoms with van der Waals surface area (Å²) in [5.41, 5.74) is 0. The Bertz CT molecular complexity index is 230. The van der Waals surface area contributed by atoms with E-state index in [1.54, 1.807) is 6.07 Å². The Labute approximate surface area is 88.7 Å². The summed E-state index contributed by atoms with van der Waals surface area (Å²) in [5.74, 6) is 0.176. The second kappa shape index (κ2) is 9.26. The molecule has 0 amide bonds. The molecule has 0 aliphatic carbocycles. The van der Waals surface area contributed by atoms with Gasteiger partial charge in [-0.3, -0.25) is 0 Å². The van der Waals surface area contributed by atoms with Gasteiger partial charge in [-0.05, 0) is 26.0 Å². The van der Waals surface area contributed by atoms with Crippen molar-refractivity contribution >= 4 is 0 Å². The standard InChI is InChI=1S/C6H6O2.C4H10O3/c7-5-2-1-3-6(8)4-5;1-3-5-7-6-4-2/h1-4,7-8H;3-4H2,1-2H3. The lowest BCUT2D eigenvalue weighted by Gasteiger charge is -1.94. The van der Waals surface area contributed by atoms with Crippen LogP contribution in [0.25, 0.3) is 0 Å². The molecule has 0 heterocycles. The molecule has 1 rings (SSSR count). The first kappa shape index (κ1) is 13.7. The van der Waals surface area contributed by atoms with Crippen molar-refractivity contribution in [2.45, 2.75) is 13.8 Å². The SMILES string of the molecule is CCOOOCC.Oc1cccc(O)c1. The predicted molar refractivity (Wildman–Crippen MR) is 54.1 cm³/mol. The van der Waals surface area contributed by atoms with Crippen LogP contribution in [0.2, 0.25) is 0 Å². The molecule has 0 aliphatic rings. The van der Waals surface area contributed by atoms with E-state index in [-0.39, 0.29) is 11.5 Å². The van der Waals surface area contributed by atoms with Crippen LogP contribution in [0.5, 0.6) is 11.5 Å². The molecule has 0 bridgehead atoms. The van der Waals surface area contributed by atoms with Crippen LogP contribution in [-0.4, -0.2) is 23.4 Å². The number of benzene rings is 1. The van der Waals surface area contributed by atoms with E-state index in [0.29, 0.717) is 13.2 Å². The van der Waals surface area contributed by atoms with Crippen molar-refractivity contribution in [1.29, 1.82) is 0 Å². The molecule has 0 saturated carbocycles. The van der Waals surface area contributed by atoms with E-state index in [1.165, 1.54) is 18.2 Å². The molecule has 2 N–H and O–H groups in total. The third kappa shape index (κ3) is 9.01. The van der Waals surface area contributed by atoms with Gasteiger partial charge in [-0.1, -0.05) is 11.1 Å². The highest BCUT2D eigenvalue weighted by Crippen LogP contribution is 2.14. The van der Waals surface area contributed by atoms with Crippen molar-refractivity contribution in [3.8, 4) is 11.5 Å². The number of phenols is 2. The Balaban J connectivity index is 0.000000265. The van der Waals surface area contributed by atoms with Crippen LogP contribution in [0.4, 0.5) is 0 Å². The molecule has 0 saturated heterocycles. The van der Waals surface area contributed by atoms with Gasteiger partial charge in [0.2, 0.25) is 0 Å². The van der Waals surface area contributed by atoms with Crippen molar-refractivity contribution < 1.29 is 25.0 Å². The molecule has 86 valence electrons. The molecule has 0 aliphatic heterocycles. The van der Waals surface area contributed by atoms with Gasteiger partial charge in [-0.2, -0.15) is 0 Å². The van der Waals surface area contributed by atoms with E-state index in [4.69, 9.17) is 10.2 Å². The van der Waals surface area contributed by atoms with Crippen LogP contribution in [0.3, 0.4) is 0 Å². The fraction of sp³-hybridized carbons (Fsp3) is 0.400. The zero-order valence-electron chi connectivity index (χ0n) is 8.84. The van der Waals surface area contributed by atoms with Crippen LogP contribution in [-0.2, 0) is 14.8 Å². The second-order valence-corrected chi connectivity index (χ2v) is 2.40. The minimum Gasteiger partial charge on any atom is -0.508 e. The van der Waals surface area contributed by atoms with Gasteiger partial charge in [0.1, 0.15) is 11.5 Å². The van der Waals surface area contributed by atoms with Crippen molar-refractivity contribution in [3.63, 3.8) is 0 Å². The van der Waals surface area contributed by atoms with Gasteiger partial charge in [-0.15, -0.1) is 0 Å². The lowest BCUT2D eigenvalue weighted by Crippen LogP contribution is -1.94. The summed E-state index contributed by atoms with van der Waals surface area (Å²) >= 11 is 0. The third-order valence-corrected chi connectivity index (χ3v) is 1.16. The van der Waals surface area contributed by atoms with Crippen LogP contribution in [0, 0.1) is 0 Å². The average Bonchev–Trinajstić information content (AvgIpc) is 2.19. The summed E-state index contributed by atoms with van der Waals surface area (Å²) < 4.78 is 0. The first-order chi connectivity index (χ1) is 7.20. The van der Waals surface area contributed by atoms with Crippen molar-refractivity contribution in [1.82, 2.24) is 0 Å². The average molecular weight is 216 g/mol. The van der Waals surface area contributed by atoms with Gasteiger partial charge < -0.3 is 10.2 Å². The van der Waals surface area contributed by atoms with Gasteiger partial charge in [0.15, 0.2) is 0 Å². The molecule has 0 unspecified atom stereocenters. The third-order valence-electron chi connectivity index (χ3n) is 1.16. The Kier molecular flexibility index (Phi) is 8.46. The van der Waals surface area contributed by atoms with Gasteiger partial charge >= 0.3 is 0 Å². The number of rotatable bonds is 4. The minimum absolute atomic E-state index is 0.0880. The summed E-state index contributed by atoms with van der Waals surface area (Å²) in [7, 11) is 0. The molecule has 0 aromatic heterocycles. The van der Waals surface area contributed by atoms with Crippen molar-refractivity contribution in [2.75, 3.05) is 13.2 Å². The highest BCUT2D eigenvalue weighted by atomic mass is 17.5. The van der Waals surface area contributed by atoms with E-state index in [9.17, 15) is 0 Å². The largest absolute Gasteiger partial charge is 0.508 e. The molecule has 1 aromatic rings. The first-order valence-electron chi connectivity index (χ1n) is 4.59. The molecule has 0 fully saturated rings. The quantitative estimate of drug-likeness (QED) is 0.457. The summed E-state index contributed by atoms with van der Waals surface area (Å²) in [6.45, 7) is 4.66. The molecule has 0 spiro atoms. The number of hydrogen-bond donors (Lipinski definition) is 2. The predicted octanol–water partition coefficient (Wildman–Crippen LogP) is 2.00. The number of phenolic OH excluding ortho intramolecular Hbond substituents is 2. The molecule has 0 radical (unpaired) electrons. The van der Waals surface area contributed by atoms with E-state index >= 15 is 0 Å². The Morgan fingerprint density at radius 1 is 1.00 bits per heavy atom. The number of hydrogen-bond acceptors (Lipinski definition) is 5. The fourth-order valence-corrected chi connectivity index (χ4v) is 0.623. The molecular formula is C10H16O5. The minimum atomic E-state index is 0.0880. The molecule has 1 aromatic carbocycles. The first-order valence-corrected chi connectivity index (χ1v) is 4.59. The lowest BCUT2D eigenvalue weighted by atomic mass is 10.3. The maximum atomic E-state index is 8.65. The Morgan fingerprint density at radius 3 is 1.73 bits per heavy atom. The van der Waals surface area contributed by atoms with Gasteiger partial charge in [0, 0.05) is 6.07 Å². The molecule has 0 atom stereocenters. The normalized spacial score (nSPS) is 9.20. The highest BCUT2D eigenvalue weighted by Gasteiger charge is 1.85. The summed E-state index contributed by atoms with van der Waals surface area (Å²) in [5, 5.41) is 21.4. The summed E-state index contributed by atoms with van der Waals surface area (Å²) in [4.78, 5) is 8.70. The van der Waals surface area contributed by atoms with E-state index < -0.39 is 0 Å². The fourth-order valence-electron chi connectivity index (χ4n) is 0.623. The molecule has 5 heteroatoms. The van der Waals surface area contributed by atoms with Gasteiger partial charge in [0.25, 0.3) is 0 Å². The summed E-state index contributed by atoms with van der Waals surface area (Å²) in [6.07, 6.45) is 0. The topological polar surface area (TPSA) is 68.2 Å². The van der Waals surface area contributed by atoms with Crippen molar-refractivity contribution in [2.24, 2.45) is 0 Å². The zero-order valence-corrected chi connectivity index (χ0v) is 8.84. The molecular weight excluding hydrogens is 200 g/mol. The van der Waals surface area contributed by atoms with E-state index in [1.807, 2.05) is 13.8 Å². The monoisotopic (exact) mass is 216 g/mol. The van der Waals surface area contributed by atoms with Crippen LogP contribution >= 0.6 is 0 Å². The maximum Gasteiger partial charge on any atom is 0.119 e. The Hall–Kier alpha value is -1.30. The van der Waals surface area contributed by atoms with Crippen LogP contribution < -0.4 is 0 Å². The summed E-state index contributed by atoms with van der Waals surface area (Å²) in [6, 6.07) is 5.85. The number of aromatic hydroxyl groups is 2. The van der Waals surface area contributed by atoms with Crippen LogP contribution in [0.1, 0.15) is 13.8 Å². The van der Waals surface area contributed by atoms with Gasteiger partial charge in [0.05, 0.1) is 13.2 Å². The van der Waals surface area contributed by atoms with Gasteiger partial charge in [-0.25, -0.2) is 9.78 Å². The second-order valence-electron chi connectivity index (χ2n) is 2.40. The lowest BCUT2D eigenvalue weighted by molar-refractivity contribution is -0.509. The maximum absolute atomic E-state index is 8.65. The van der Waals surface area contributed by atoms with E-state index in [0.717, 1.165) is 0 Å². The zero-order chi connectivity index (χ0) is 11.5.